The zero-order valence-electron chi connectivity index (χ0n) is 12.3. The highest BCUT2D eigenvalue weighted by Gasteiger charge is 2.36. The number of benzene rings is 1. The average molecular weight is 315 g/mol. The summed E-state index contributed by atoms with van der Waals surface area (Å²) < 4.78 is 37.4. The van der Waals surface area contributed by atoms with E-state index in [-0.39, 0.29) is 29.8 Å². The summed E-state index contributed by atoms with van der Waals surface area (Å²) in [6, 6.07) is 4.64. The Kier molecular flexibility index (Phi) is 5.08. The quantitative estimate of drug-likeness (QED) is 0.819. The second kappa shape index (κ2) is 6.64. The second-order valence-corrected chi connectivity index (χ2v) is 6.80. The van der Waals surface area contributed by atoms with Gasteiger partial charge in [0.25, 0.3) is 0 Å². The van der Waals surface area contributed by atoms with E-state index in [0.29, 0.717) is 5.75 Å². The first-order valence-electron chi connectivity index (χ1n) is 6.89. The van der Waals surface area contributed by atoms with Crippen molar-refractivity contribution in [2.45, 2.75) is 30.2 Å². The molecule has 0 heterocycles. The Morgan fingerprint density at radius 1 is 1.29 bits per heavy atom. The Balaban J connectivity index is 2.45. The van der Waals surface area contributed by atoms with E-state index in [1.54, 1.807) is 12.1 Å². The maximum absolute atomic E-state index is 12.9. The maximum atomic E-state index is 12.9. The lowest BCUT2D eigenvalue weighted by Gasteiger charge is -2.36. The van der Waals surface area contributed by atoms with Gasteiger partial charge in [-0.3, -0.25) is 0 Å². The van der Waals surface area contributed by atoms with Crippen molar-refractivity contribution in [1.29, 1.82) is 0 Å². The summed E-state index contributed by atoms with van der Waals surface area (Å²) in [7, 11) is -0.817. The molecule has 1 aromatic rings. The number of aliphatic hydroxyl groups excluding tert-OH is 1. The van der Waals surface area contributed by atoms with E-state index in [0.717, 1.165) is 19.3 Å². The van der Waals surface area contributed by atoms with Crippen molar-refractivity contribution in [2.24, 2.45) is 0 Å². The van der Waals surface area contributed by atoms with Gasteiger partial charge in [-0.1, -0.05) is 6.42 Å². The third-order valence-electron chi connectivity index (χ3n) is 3.76. The molecule has 1 saturated carbocycles. The van der Waals surface area contributed by atoms with E-state index in [1.165, 1.54) is 24.6 Å². The molecular weight excluding hydrogens is 294 g/mol. The molecule has 118 valence electrons. The molecular formula is C14H21NO5S. The van der Waals surface area contributed by atoms with Gasteiger partial charge in [-0.15, -0.1) is 0 Å². The molecule has 1 fully saturated rings. The number of rotatable bonds is 7. The minimum atomic E-state index is -3.73. The Morgan fingerprint density at radius 3 is 2.48 bits per heavy atom. The van der Waals surface area contributed by atoms with E-state index in [2.05, 4.69) is 0 Å². The summed E-state index contributed by atoms with van der Waals surface area (Å²) in [4.78, 5) is 0.0738. The van der Waals surface area contributed by atoms with Gasteiger partial charge in [-0.05, 0) is 25.0 Å². The molecule has 0 bridgehead atoms. The smallest absolute Gasteiger partial charge is 0.247 e. The van der Waals surface area contributed by atoms with Crippen molar-refractivity contribution in [3.05, 3.63) is 18.2 Å². The van der Waals surface area contributed by atoms with Gasteiger partial charge >= 0.3 is 0 Å². The van der Waals surface area contributed by atoms with Gasteiger partial charge < -0.3 is 14.6 Å². The molecule has 0 spiro atoms. The SMILES string of the molecule is COc1ccc(OC)c(S(=O)(=O)N(CCO)C2CCC2)c1. The molecule has 1 aliphatic rings. The normalized spacial score (nSPS) is 15.8. The standard InChI is InChI=1S/C14H21NO5S/c1-19-12-6-7-13(20-2)14(10-12)21(17,18)15(8-9-16)11-4-3-5-11/h6-7,10-11,16H,3-5,8-9H2,1-2H3. The van der Waals surface area contributed by atoms with Gasteiger partial charge in [0.15, 0.2) is 0 Å². The van der Waals surface area contributed by atoms with Gasteiger partial charge in [0, 0.05) is 18.7 Å². The molecule has 0 aromatic heterocycles. The van der Waals surface area contributed by atoms with Gasteiger partial charge in [-0.25, -0.2) is 8.42 Å². The lowest BCUT2D eigenvalue weighted by Crippen LogP contribution is -2.45. The fourth-order valence-electron chi connectivity index (χ4n) is 2.38. The van der Waals surface area contributed by atoms with E-state index in [1.807, 2.05) is 0 Å². The molecule has 7 heteroatoms. The molecule has 21 heavy (non-hydrogen) atoms. The van der Waals surface area contributed by atoms with Crippen LogP contribution >= 0.6 is 0 Å². The molecule has 1 aliphatic carbocycles. The van der Waals surface area contributed by atoms with Gasteiger partial charge in [0.2, 0.25) is 10.0 Å². The number of nitrogens with zero attached hydrogens (tertiary/aromatic N) is 1. The maximum Gasteiger partial charge on any atom is 0.247 e. The second-order valence-electron chi connectivity index (χ2n) is 4.94. The largest absolute Gasteiger partial charge is 0.497 e. The van der Waals surface area contributed by atoms with Gasteiger partial charge in [0.05, 0.1) is 20.8 Å². The molecule has 0 saturated heterocycles. The first-order chi connectivity index (χ1) is 10.0. The summed E-state index contributed by atoms with van der Waals surface area (Å²) >= 11 is 0. The zero-order chi connectivity index (χ0) is 15.5. The molecule has 0 atom stereocenters. The zero-order valence-corrected chi connectivity index (χ0v) is 13.1. The lowest BCUT2D eigenvalue weighted by molar-refractivity contribution is 0.178. The van der Waals surface area contributed by atoms with Crippen LogP contribution in [0.25, 0.3) is 0 Å². The minimum Gasteiger partial charge on any atom is -0.497 e. The predicted octanol–water partition coefficient (Wildman–Crippen LogP) is 1.24. The topological polar surface area (TPSA) is 76.1 Å². The Hall–Kier alpha value is -1.31. The van der Waals surface area contributed by atoms with Crippen LogP contribution in [0.5, 0.6) is 11.5 Å². The number of ether oxygens (including phenoxy) is 2. The number of methoxy groups -OCH3 is 2. The fourth-order valence-corrected chi connectivity index (χ4v) is 4.23. The number of hydrogen-bond donors (Lipinski definition) is 1. The van der Waals surface area contributed by atoms with Crippen molar-refractivity contribution in [3.63, 3.8) is 0 Å². The van der Waals surface area contributed by atoms with Crippen molar-refractivity contribution in [2.75, 3.05) is 27.4 Å². The molecule has 0 unspecified atom stereocenters. The molecule has 0 radical (unpaired) electrons. The first-order valence-corrected chi connectivity index (χ1v) is 8.33. The highest BCUT2D eigenvalue weighted by atomic mass is 32.2. The van der Waals surface area contributed by atoms with Gasteiger partial charge in [0.1, 0.15) is 16.4 Å². The monoisotopic (exact) mass is 315 g/mol. The van der Waals surface area contributed by atoms with Crippen LogP contribution in [-0.4, -0.2) is 51.2 Å². The summed E-state index contributed by atoms with van der Waals surface area (Å²) in [5.41, 5.74) is 0. The summed E-state index contributed by atoms with van der Waals surface area (Å²) in [6.45, 7) is -0.116. The Labute approximate surface area is 125 Å². The van der Waals surface area contributed by atoms with E-state index >= 15 is 0 Å². The molecule has 0 amide bonds. The molecule has 1 N–H and O–H groups in total. The van der Waals surface area contributed by atoms with Crippen LogP contribution in [0.1, 0.15) is 19.3 Å². The highest BCUT2D eigenvalue weighted by molar-refractivity contribution is 7.89. The van der Waals surface area contributed by atoms with Crippen molar-refractivity contribution < 1.29 is 23.0 Å². The number of hydrogen-bond acceptors (Lipinski definition) is 5. The third-order valence-corrected chi connectivity index (χ3v) is 5.73. The van der Waals surface area contributed by atoms with Crippen LogP contribution < -0.4 is 9.47 Å². The van der Waals surface area contributed by atoms with Crippen LogP contribution in [0, 0.1) is 0 Å². The first kappa shape index (κ1) is 16.1. The summed E-state index contributed by atoms with van der Waals surface area (Å²) in [6.07, 6.45) is 2.66. The lowest BCUT2D eigenvalue weighted by atomic mass is 9.93. The van der Waals surface area contributed by atoms with Crippen LogP contribution in [0.2, 0.25) is 0 Å². The van der Waals surface area contributed by atoms with Crippen LogP contribution in [0.3, 0.4) is 0 Å². The minimum absolute atomic E-state index is 0.0435. The average Bonchev–Trinajstić information content (AvgIpc) is 2.44. The van der Waals surface area contributed by atoms with E-state index < -0.39 is 10.0 Å². The number of sulfonamides is 1. The molecule has 2 rings (SSSR count). The van der Waals surface area contributed by atoms with E-state index in [9.17, 15) is 13.5 Å². The van der Waals surface area contributed by atoms with Crippen molar-refractivity contribution in [1.82, 2.24) is 4.31 Å². The van der Waals surface area contributed by atoms with Crippen molar-refractivity contribution >= 4 is 10.0 Å². The fraction of sp³-hybridized carbons (Fsp3) is 0.571. The third kappa shape index (κ3) is 3.14. The highest BCUT2D eigenvalue weighted by Crippen LogP contribution is 2.35. The Morgan fingerprint density at radius 2 is 2.00 bits per heavy atom. The molecule has 6 nitrogen and oxygen atoms in total. The van der Waals surface area contributed by atoms with E-state index in [4.69, 9.17) is 9.47 Å². The molecule has 1 aromatic carbocycles. The summed E-state index contributed by atoms with van der Waals surface area (Å²) in [5, 5.41) is 9.18. The van der Waals surface area contributed by atoms with Crippen LogP contribution in [0.4, 0.5) is 0 Å². The van der Waals surface area contributed by atoms with Crippen LogP contribution in [-0.2, 0) is 10.0 Å². The predicted molar refractivity (Wildman–Crippen MR) is 78.2 cm³/mol. The van der Waals surface area contributed by atoms with Crippen LogP contribution in [0.15, 0.2) is 23.1 Å². The van der Waals surface area contributed by atoms with Crippen molar-refractivity contribution in [3.8, 4) is 11.5 Å². The summed E-state index contributed by atoms with van der Waals surface area (Å²) in [5.74, 6) is 0.727. The number of aliphatic hydroxyl groups is 1. The Bertz CT molecular complexity index is 583. The molecule has 0 aliphatic heterocycles. The van der Waals surface area contributed by atoms with Gasteiger partial charge in [-0.2, -0.15) is 4.31 Å².